The summed E-state index contributed by atoms with van der Waals surface area (Å²) in [6, 6.07) is 8.83. The Kier molecular flexibility index (Phi) is 4.20. The van der Waals surface area contributed by atoms with E-state index < -0.39 is 10.7 Å². The van der Waals surface area contributed by atoms with Crippen molar-refractivity contribution in [2.24, 2.45) is 0 Å². The van der Waals surface area contributed by atoms with Crippen LogP contribution in [0.15, 0.2) is 36.4 Å². The topological polar surface area (TPSA) is 52.4 Å². The van der Waals surface area contributed by atoms with Gasteiger partial charge in [0.15, 0.2) is 0 Å². The van der Waals surface area contributed by atoms with Crippen LogP contribution in [0.2, 0.25) is 0 Å². The molecule has 2 aromatic rings. The second-order valence-electron chi connectivity index (χ2n) is 4.11. The summed E-state index contributed by atoms with van der Waals surface area (Å²) in [5.74, 6) is 0.0380. The average Bonchev–Trinajstić information content (AvgIpc) is 2.41. The summed E-state index contributed by atoms with van der Waals surface area (Å²) in [4.78, 5) is 10.4. The molecule has 2 aromatic carbocycles. The minimum atomic E-state index is -0.490. The third-order valence-electron chi connectivity index (χ3n) is 2.88. The molecule has 0 spiro atoms. The molecule has 0 fully saturated rings. The standard InChI is InChI=1S/C14H11ClFNO3/c1-9-12(17(18)19)5-3-6-13(9)20-14-7-2-4-11(16)10(14)8-15/h2-7H,8H2,1H3. The Hall–Kier alpha value is -2.14. The van der Waals surface area contributed by atoms with Crippen LogP contribution in [0.4, 0.5) is 10.1 Å². The third kappa shape index (κ3) is 2.72. The molecule has 6 heteroatoms. The van der Waals surface area contributed by atoms with Crippen LogP contribution in [-0.2, 0) is 5.88 Å². The van der Waals surface area contributed by atoms with E-state index in [1.807, 2.05) is 0 Å². The van der Waals surface area contributed by atoms with E-state index in [1.165, 1.54) is 24.3 Å². The van der Waals surface area contributed by atoms with E-state index in [1.54, 1.807) is 19.1 Å². The van der Waals surface area contributed by atoms with Crippen molar-refractivity contribution in [1.29, 1.82) is 0 Å². The van der Waals surface area contributed by atoms with Gasteiger partial charge in [0.1, 0.15) is 17.3 Å². The first-order chi connectivity index (χ1) is 9.54. The Bertz CT molecular complexity index is 661. The lowest BCUT2D eigenvalue weighted by atomic mass is 10.1. The molecule has 0 N–H and O–H groups in total. The van der Waals surface area contributed by atoms with Crippen molar-refractivity contribution in [2.75, 3.05) is 0 Å². The molecule has 0 heterocycles. The lowest BCUT2D eigenvalue weighted by molar-refractivity contribution is -0.385. The number of alkyl halides is 1. The summed E-state index contributed by atoms with van der Waals surface area (Å²) in [6.45, 7) is 1.58. The van der Waals surface area contributed by atoms with Crippen molar-refractivity contribution < 1.29 is 14.1 Å². The number of nitrogens with zero attached hydrogens (tertiary/aromatic N) is 1. The van der Waals surface area contributed by atoms with Crippen LogP contribution in [0.25, 0.3) is 0 Å². The maximum Gasteiger partial charge on any atom is 0.276 e. The van der Waals surface area contributed by atoms with Gasteiger partial charge in [0, 0.05) is 11.6 Å². The molecule has 0 radical (unpaired) electrons. The van der Waals surface area contributed by atoms with Crippen LogP contribution in [0.5, 0.6) is 11.5 Å². The first-order valence-electron chi connectivity index (χ1n) is 5.79. The van der Waals surface area contributed by atoms with E-state index in [0.717, 1.165) is 0 Å². The highest BCUT2D eigenvalue weighted by Gasteiger charge is 2.16. The van der Waals surface area contributed by atoms with Crippen LogP contribution < -0.4 is 4.74 Å². The molecule has 0 saturated heterocycles. The second-order valence-corrected chi connectivity index (χ2v) is 4.38. The van der Waals surface area contributed by atoms with Gasteiger partial charge in [0.2, 0.25) is 0 Å². The Morgan fingerprint density at radius 1 is 1.25 bits per heavy atom. The van der Waals surface area contributed by atoms with Crippen molar-refractivity contribution in [3.05, 3.63) is 63.5 Å². The van der Waals surface area contributed by atoms with Crippen molar-refractivity contribution in [2.45, 2.75) is 12.8 Å². The summed E-state index contributed by atoms with van der Waals surface area (Å²) in [6.07, 6.45) is 0. The fourth-order valence-electron chi connectivity index (χ4n) is 1.79. The van der Waals surface area contributed by atoms with Crippen LogP contribution in [0, 0.1) is 22.9 Å². The average molecular weight is 296 g/mol. The van der Waals surface area contributed by atoms with Gasteiger partial charge in [-0.05, 0) is 25.1 Å². The number of nitro benzene ring substituents is 1. The summed E-state index contributed by atoms with van der Waals surface area (Å²) < 4.78 is 19.2. The van der Waals surface area contributed by atoms with Gasteiger partial charge in [0.25, 0.3) is 5.69 Å². The van der Waals surface area contributed by atoms with Gasteiger partial charge in [-0.2, -0.15) is 0 Å². The maximum atomic E-state index is 13.6. The van der Waals surface area contributed by atoms with Crippen LogP contribution in [0.3, 0.4) is 0 Å². The molecule has 0 amide bonds. The zero-order valence-corrected chi connectivity index (χ0v) is 11.4. The molecule has 0 aliphatic heterocycles. The Balaban J connectivity index is 2.43. The zero-order chi connectivity index (χ0) is 14.7. The van der Waals surface area contributed by atoms with Gasteiger partial charge in [-0.1, -0.05) is 12.1 Å². The first kappa shape index (κ1) is 14.3. The minimum absolute atomic E-state index is 0.0457. The van der Waals surface area contributed by atoms with Gasteiger partial charge < -0.3 is 4.74 Å². The molecule has 4 nitrogen and oxygen atoms in total. The van der Waals surface area contributed by atoms with Gasteiger partial charge in [-0.3, -0.25) is 10.1 Å². The highest BCUT2D eigenvalue weighted by atomic mass is 35.5. The van der Waals surface area contributed by atoms with Crippen molar-refractivity contribution in [3.8, 4) is 11.5 Å². The van der Waals surface area contributed by atoms with Gasteiger partial charge in [-0.25, -0.2) is 4.39 Å². The minimum Gasteiger partial charge on any atom is -0.456 e. The molecular weight excluding hydrogens is 285 g/mol. The van der Waals surface area contributed by atoms with Crippen LogP contribution in [0.1, 0.15) is 11.1 Å². The van der Waals surface area contributed by atoms with Crippen LogP contribution >= 0.6 is 11.6 Å². The fraction of sp³-hybridized carbons (Fsp3) is 0.143. The molecule has 2 rings (SSSR count). The summed E-state index contributed by atoms with van der Waals surface area (Å²) >= 11 is 5.70. The molecular formula is C14H11ClFNO3. The van der Waals surface area contributed by atoms with Gasteiger partial charge in [0.05, 0.1) is 16.4 Å². The quantitative estimate of drug-likeness (QED) is 0.471. The number of benzene rings is 2. The monoisotopic (exact) mass is 295 g/mol. The molecule has 0 atom stereocenters. The van der Waals surface area contributed by atoms with Gasteiger partial charge >= 0.3 is 0 Å². The molecule has 0 saturated carbocycles. The lowest BCUT2D eigenvalue weighted by Gasteiger charge is -2.12. The first-order valence-corrected chi connectivity index (χ1v) is 6.33. The summed E-state index contributed by atoms with van der Waals surface area (Å²) in [5, 5.41) is 10.9. The third-order valence-corrected chi connectivity index (χ3v) is 3.15. The van der Waals surface area contributed by atoms with E-state index in [0.29, 0.717) is 11.3 Å². The van der Waals surface area contributed by atoms with Crippen molar-refractivity contribution >= 4 is 17.3 Å². The van der Waals surface area contributed by atoms with E-state index in [9.17, 15) is 14.5 Å². The predicted molar refractivity (Wildman–Crippen MR) is 73.9 cm³/mol. The largest absolute Gasteiger partial charge is 0.456 e. The highest BCUT2D eigenvalue weighted by Crippen LogP contribution is 2.33. The molecule has 0 unspecified atom stereocenters. The van der Waals surface area contributed by atoms with Gasteiger partial charge in [-0.15, -0.1) is 11.6 Å². The molecule has 104 valence electrons. The smallest absolute Gasteiger partial charge is 0.276 e. The van der Waals surface area contributed by atoms with E-state index in [4.69, 9.17) is 16.3 Å². The molecule has 0 bridgehead atoms. The Labute approximate surface area is 119 Å². The highest BCUT2D eigenvalue weighted by molar-refractivity contribution is 6.17. The van der Waals surface area contributed by atoms with Crippen molar-refractivity contribution in [1.82, 2.24) is 0 Å². The number of hydrogen-bond donors (Lipinski definition) is 0. The number of rotatable bonds is 4. The van der Waals surface area contributed by atoms with E-state index in [2.05, 4.69) is 0 Å². The van der Waals surface area contributed by atoms with E-state index in [-0.39, 0.29) is 22.9 Å². The summed E-state index contributed by atoms with van der Waals surface area (Å²) in [5.41, 5.74) is 0.550. The second kappa shape index (κ2) is 5.88. The fourth-order valence-corrected chi connectivity index (χ4v) is 2.05. The van der Waals surface area contributed by atoms with Crippen molar-refractivity contribution in [3.63, 3.8) is 0 Å². The Morgan fingerprint density at radius 2 is 1.90 bits per heavy atom. The number of nitro groups is 1. The maximum absolute atomic E-state index is 13.6. The summed E-state index contributed by atoms with van der Waals surface area (Å²) in [7, 11) is 0. The molecule has 0 aromatic heterocycles. The lowest BCUT2D eigenvalue weighted by Crippen LogP contribution is -1.97. The number of hydrogen-bond acceptors (Lipinski definition) is 3. The number of halogens is 2. The molecule has 20 heavy (non-hydrogen) atoms. The molecule has 0 aliphatic rings. The SMILES string of the molecule is Cc1c(Oc2cccc(F)c2CCl)cccc1[N+](=O)[O-]. The van der Waals surface area contributed by atoms with E-state index >= 15 is 0 Å². The normalized spacial score (nSPS) is 10.3. The Morgan fingerprint density at radius 3 is 2.55 bits per heavy atom. The molecule has 0 aliphatic carbocycles. The zero-order valence-electron chi connectivity index (χ0n) is 10.6. The van der Waals surface area contributed by atoms with Crippen LogP contribution in [-0.4, -0.2) is 4.92 Å². The number of ether oxygens (including phenoxy) is 1. The predicted octanol–water partition coefficient (Wildman–Crippen LogP) is 4.57.